The van der Waals surface area contributed by atoms with E-state index in [4.69, 9.17) is 4.74 Å². The number of carbonyl (C=O) groups is 1. The molecule has 0 radical (unpaired) electrons. The molecule has 88 valence electrons. The maximum atomic E-state index is 11.4. The number of aliphatic hydroxyl groups is 3. The summed E-state index contributed by atoms with van der Waals surface area (Å²) in [6.45, 7) is 1.97. The highest BCUT2D eigenvalue weighted by Gasteiger charge is 2.39. The van der Waals surface area contributed by atoms with Crippen LogP contribution in [0.4, 0.5) is 0 Å². The summed E-state index contributed by atoms with van der Waals surface area (Å²) in [5.74, 6) is -0.538. The van der Waals surface area contributed by atoms with Gasteiger partial charge in [0.1, 0.15) is 12.2 Å². The number of ether oxygens (including phenoxy) is 1. The van der Waals surface area contributed by atoms with Crippen LogP contribution in [0.2, 0.25) is 0 Å². The molecule has 15 heavy (non-hydrogen) atoms. The van der Waals surface area contributed by atoms with Gasteiger partial charge < -0.3 is 20.1 Å². The van der Waals surface area contributed by atoms with Crippen LogP contribution < -0.4 is 0 Å². The van der Waals surface area contributed by atoms with Gasteiger partial charge in [0.05, 0.1) is 6.10 Å². The Balaban J connectivity index is 2.54. The predicted octanol–water partition coefficient (Wildman–Crippen LogP) is -0.425. The first kappa shape index (κ1) is 12.6. The lowest BCUT2D eigenvalue weighted by atomic mass is 9.96. The van der Waals surface area contributed by atoms with Gasteiger partial charge in [0.2, 0.25) is 0 Å². The quantitative estimate of drug-likeness (QED) is 0.596. The number of rotatable bonds is 4. The topological polar surface area (TPSA) is 87.0 Å². The van der Waals surface area contributed by atoms with E-state index in [-0.39, 0.29) is 6.42 Å². The Kier molecular flexibility index (Phi) is 4.66. The average molecular weight is 218 g/mol. The van der Waals surface area contributed by atoms with Crippen molar-refractivity contribution in [3.05, 3.63) is 0 Å². The molecule has 4 atom stereocenters. The molecule has 5 nitrogen and oxygen atoms in total. The van der Waals surface area contributed by atoms with Crippen LogP contribution in [0.5, 0.6) is 0 Å². The molecule has 0 bridgehead atoms. The highest BCUT2D eigenvalue weighted by atomic mass is 16.6. The Morgan fingerprint density at radius 3 is 2.80 bits per heavy atom. The van der Waals surface area contributed by atoms with Crippen LogP contribution in [0.15, 0.2) is 0 Å². The van der Waals surface area contributed by atoms with Gasteiger partial charge in [-0.05, 0) is 6.42 Å². The zero-order valence-corrected chi connectivity index (χ0v) is 8.80. The number of aliphatic hydroxyl groups excluding tert-OH is 3. The number of Topliss-reactive ketones (excluding diaryl/α,β-unsaturated/α-hetero) is 1. The largest absolute Gasteiger partial charge is 0.390 e. The van der Waals surface area contributed by atoms with Crippen molar-refractivity contribution in [1.82, 2.24) is 0 Å². The number of ketones is 1. The van der Waals surface area contributed by atoms with E-state index in [9.17, 15) is 20.1 Å². The maximum Gasteiger partial charge on any atom is 0.192 e. The lowest BCUT2D eigenvalue weighted by Gasteiger charge is -2.31. The van der Waals surface area contributed by atoms with Gasteiger partial charge in [0.25, 0.3) is 0 Å². The summed E-state index contributed by atoms with van der Waals surface area (Å²) in [6, 6.07) is 0. The number of unbranched alkanes of at least 4 members (excludes halogenated alkanes) is 1. The van der Waals surface area contributed by atoms with Crippen LogP contribution in [-0.2, 0) is 9.53 Å². The molecule has 1 saturated heterocycles. The van der Waals surface area contributed by atoms with Crippen molar-refractivity contribution >= 4 is 5.78 Å². The van der Waals surface area contributed by atoms with Gasteiger partial charge in [-0.25, -0.2) is 0 Å². The molecule has 5 heteroatoms. The molecule has 1 fully saturated rings. The van der Waals surface area contributed by atoms with Gasteiger partial charge in [0.15, 0.2) is 12.1 Å². The summed E-state index contributed by atoms with van der Waals surface area (Å²) in [5, 5.41) is 28.1. The van der Waals surface area contributed by atoms with E-state index in [2.05, 4.69) is 0 Å². The third-order valence-corrected chi connectivity index (χ3v) is 2.54. The van der Waals surface area contributed by atoms with E-state index in [1.165, 1.54) is 0 Å². The van der Waals surface area contributed by atoms with Crippen molar-refractivity contribution < 1.29 is 24.9 Å². The minimum atomic E-state index is -1.23. The van der Waals surface area contributed by atoms with Crippen molar-refractivity contribution in [3.8, 4) is 0 Å². The molecule has 1 heterocycles. The van der Waals surface area contributed by atoms with Crippen LogP contribution in [-0.4, -0.2) is 45.7 Å². The van der Waals surface area contributed by atoms with Crippen molar-refractivity contribution in [2.24, 2.45) is 0 Å². The van der Waals surface area contributed by atoms with Crippen molar-refractivity contribution in [3.63, 3.8) is 0 Å². The predicted molar refractivity (Wildman–Crippen MR) is 52.0 cm³/mol. The lowest BCUT2D eigenvalue weighted by molar-refractivity contribution is -0.209. The van der Waals surface area contributed by atoms with Crippen LogP contribution in [0, 0.1) is 0 Å². The standard InChI is InChI=1S/C10H18O5/c1-2-3-4-6(11)10-9(14)7(12)5-8(13)15-10/h6-8,10-13H,2-5H2,1H3. The second-order valence-corrected chi connectivity index (χ2v) is 3.87. The zero-order valence-electron chi connectivity index (χ0n) is 8.80. The smallest absolute Gasteiger partial charge is 0.192 e. The van der Waals surface area contributed by atoms with Crippen LogP contribution in [0.25, 0.3) is 0 Å². The molecule has 0 saturated carbocycles. The summed E-state index contributed by atoms with van der Waals surface area (Å²) < 4.78 is 4.92. The molecule has 0 aromatic heterocycles. The fraction of sp³-hybridized carbons (Fsp3) is 0.900. The minimum absolute atomic E-state index is 0.115. The third kappa shape index (κ3) is 3.24. The minimum Gasteiger partial charge on any atom is -0.390 e. The van der Waals surface area contributed by atoms with Gasteiger partial charge >= 0.3 is 0 Å². The van der Waals surface area contributed by atoms with Crippen molar-refractivity contribution in [1.29, 1.82) is 0 Å². The molecule has 4 unspecified atom stereocenters. The second kappa shape index (κ2) is 5.55. The SMILES string of the molecule is CCCCC(O)C1OC(O)CC(O)C1=O. The zero-order chi connectivity index (χ0) is 11.4. The van der Waals surface area contributed by atoms with Crippen LogP contribution in [0.3, 0.4) is 0 Å². The normalized spacial score (nSPS) is 34.1. The first-order valence-corrected chi connectivity index (χ1v) is 5.29. The number of hydrogen-bond acceptors (Lipinski definition) is 5. The van der Waals surface area contributed by atoms with E-state index >= 15 is 0 Å². The first-order valence-electron chi connectivity index (χ1n) is 5.29. The summed E-state index contributed by atoms with van der Waals surface area (Å²) in [5.41, 5.74) is 0. The average Bonchev–Trinajstić information content (AvgIpc) is 2.19. The summed E-state index contributed by atoms with van der Waals surface area (Å²) in [6.07, 6.45) is -2.42. The molecule has 1 aliphatic rings. The Hall–Kier alpha value is -0.490. The van der Waals surface area contributed by atoms with Gasteiger partial charge in [0, 0.05) is 6.42 Å². The fourth-order valence-corrected chi connectivity index (χ4v) is 1.63. The molecular weight excluding hydrogens is 200 g/mol. The third-order valence-electron chi connectivity index (χ3n) is 2.54. The lowest BCUT2D eigenvalue weighted by Crippen LogP contribution is -2.50. The van der Waals surface area contributed by atoms with E-state index < -0.39 is 30.4 Å². The molecule has 0 amide bonds. The molecular formula is C10H18O5. The Labute approximate surface area is 88.7 Å². The number of hydrogen-bond donors (Lipinski definition) is 3. The van der Waals surface area contributed by atoms with Crippen molar-refractivity contribution in [2.45, 2.75) is 57.2 Å². The number of carbonyl (C=O) groups excluding carboxylic acids is 1. The van der Waals surface area contributed by atoms with E-state index in [0.29, 0.717) is 6.42 Å². The monoisotopic (exact) mass is 218 g/mol. The summed E-state index contributed by atoms with van der Waals surface area (Å²) in [7, 11) is 0. The van der Waals surface area contributed by atoms with Gasteiger partial charge in [-0.3, -0.25) is 4.79 Å². The fourth-order valence-electron chi connectivity index (χ4n) is 1.63. The Bertz CT molecular complexity index is 218. The summed E-state index contributed by atoms with van der Waals surface area (Å²) in [4.78, 5) is 11.4. The highest BCUT2D eigenvalue weighted by Crippen LogP contribution is 2.20. The first-order chi connectivity index (χ1) is 7.06. The van der Waals surface area contributed by atoms with Gasteiger partial charge in [-0.1, -0.05) is 19.8 Å². The van der Waals surface area contributed by atoms with Crippen LogP contribution in [0.1, 0.15) is 32.6 Å². The Morgan fingerprint density at radius 1 is 1.53 bits per heavy atom. The second-order valence-electron chi connectivity index (χ2n) is 3.87. The molecule has 1 rings (SSSR count). The van der Waals surface area contributed by atoms with Crippen molar-refractivity contribution in [2.75, 3.05) is 0 Å². The van der Waals surface area contributed by atoms with Gasteiger partial charge in [-0.2, -0.15) is 0 Å². The van der Waals surface area contributed by atoms with E-state index in [1.807, 2.05) is 6.92 Å². The molecule has 0 aromatic rings. The maximum absolute atomic E-state index is 11.4. The molecule has 3 N–H and O–H groups in total. The Morgan fingerprint density at radius 2 is 2.20 bits per heavy atom. The summed E-state index contributed by atoms with van der Waals surface area (Å²) >= 11 is 0. The molecule has 0 aliphatic carbocycles. The molecule has 0 aromatic carbocycles. The van der Waals surface area contributed by atoms with E-state index in [0.717, 1.165) is 12.8 Å². The van der Waals surface area contributed by atoms with Crippen LogP contribution >= 0.6 is 0 Å². The molecule has 0 spiro atoms. The highest BCUT2D eigenvalue weighted by molar-refractivity contribution is 5.88. The van der Waals surface area contributed by atoms with E-state index in [1.54, 1.807) is 0 Å². The molecule has 1 aliphatic heterocycles. The van der Waals surface area contributed by atoms with Gasteiger partial charge in [-0.15, -0.1) is 0 Å².